The van der Waals surface area contributed by atoms with E-state index in [0.29, 0.717) is 33.6 Å². The number of nitrogens with zero attached hydrogens (tertiary/aromatic N) is 3. The first-order valence-electron chi connectivity index (χ1n) is 6.34. The van der Waals surface area contributed by atoms with Gasteiger partial charge in [0, 0.05) is 11.8 Å². The third kappa shape index (κ3) is 2.68. The fourth-order valence-electron chi connectivity index (χ4n) is 2.00. The van der Waals surface area contributed by atoms with Crippen molar-refractivity contribution in [3.8, 4) is 22.8 Å². The highest BCUT2D eigenvalue weighted by Crippen LogP contribution is 2.24. The molecule has 0 atom stereocenters. The number of carboxylic acids is 1. The van der Waals surface area contributed by atoms with Gasteiger partial charge in [-0.05, 0) is 36.8 Å². The van der Waals surface area contributed by atoms with Crippen LogP contribution >= 0.6 is 11.6 Å². The monoisotopic (exact) mass is 315 g/mol. The number of aryl methyl sites for hydroxylation is 1. The molecule has 0 saturated carbocycles. The molecule has 3 rings (SSSR count). The third-order valence-electron chi connectivity index (χ3n) is 3.12. The Bertz CT molecular complexity index is 843. The molecule has 0 aliphatic heterocycles. The van der Waals surface area contributed by atoms with Crippen LogP contribution in [0.25, 0.3) is 22.8 Å². The van der Waals surface area contributed by atoms with Crippen LogP contribution in [0.4, 0.5) is 0 Å². The summed E-state index contributed by atoms with van der Waals surface area (Å²) in [6.45, 7) is 1.72. The van der Waals surface area contributed by atoms with Crippen molar-refractivity contribution in [3.63, 3.8) is 0 Å². The number of aromatic nitrogens is 3. The molecular weight excluding hydrogens is 306 g/mol. The van der Waals surface area contributed by atoms with Crippen LogP contribution in [-0.4, -0.2) is 26.2 Å². The van der Waals surface area contributed by atoms with Crippen molar-refractivity contribution in [2.75, 3.05) is 0 Å². The molecule has 0 saturated heterocycles. The summed E-state index contributed by atoms with van der Waals surface area (Å²) in [7, 11) is 0. The molecule has 0 amide bonds. The molecule has 2 aromatic heterocycles. The van der Waals surface area contributed by atoms with Crippen molar-refractivity contribution in [2.45, 2.75) is 6.92 Å². The molecule has 6 nitrogen and oxygen atoms in total. The normalized spacial score (nSPS) is 10.6. The zero-order valence-electron chi connectivity index (χ0n) is 11.4. The molecular formula is C15H10ClN3O3. The molecule has 1 aromatic carbocycles. The predicted octanol–water partition coefficient (Wildman–Crippen LogP) is 3.46. The Morgan fingerprint density at radius 2 is 2.00 bits per heavy atom. The lowest BCUT2D eigenvalue weighted by molar-refractivity contribution is 0.0696. The van der Waals surface area contributed by atoms with Crippen LogP contribution in [-0.2, 0) is 0 Å². The number of benzene rings is 1. The van der Waals surface area contributed by atoms with E-state index in [1.54, 1.807) is 37.4 Å². The number of aromatic carboxylic acids is 1. The number of hydrogen-bond acceptors (Lipinski definition) is 5. The van der Waals surface area contributed by atoms with Crippen LogP contribution < -0.4 is 0 Å². The molecule has 7 heteroatoms. The van der Waals surface area contributed by atoms with Gasteiger partial charge in [0.05, 0.1) is 11.1 Å². The van der Waals surface area contributed by atoms with Gasteiger partial charge in [-0.3, -0.25) is 0 Å². The van der Waals surface area contributed by atoms with Gasteiger partial charge < -0.3 is 9.63 Å². The summed E-state index contributed by atoms with van der Waals surface area (Å²) >= 11 is 5.73. The van der Waals surface area contributed by atoms with E-state index in [2.05, 4.69) is 15.1 Å². The highest BCUT2D eigenvalue weighted by atomic mass is 35.5. The van der Waals surface area contributed by atoms with Gasteiger partial charge in [-0.2, -0.15) is 4.98 Å². The average Bonchev–Trinajstić information content (AvgIpc) is 2.97. The summed E-state index contributed by atoms with van der Waals surface area (Å²) in [4.78, 5) is 19.3. The Hall–Kier alpha value is -2.73. The van der Waals surface area contributed by atoms with Crippen LogP contribution in [0.2, 0.25) is 5.15 Å². The molecule has 2 heterocycles. The zero-order chi connectivity index (χ0) is 15.7. The molecule has 1 N–H and O–H groups in total. The van der Waals surface area contributed by atoms with Crippen LogP contribution in [0.3, 0.4) is 0 Å². The van der Waals surface area contributed by atoms with Crippen molar-refractivity contribution in [3.05, 3.63) is 52.8 Å². The first-order valence-corrected chi connectivity index (χ1v) is 6.72. The van der Waals surface area contributed by atoms with E-state index in [4.69, 9.17) is 21.2 Å². The molecule has 0 bridgehead atoms. The van der Waals surface area contributed by atoms with Crippen molar-refractivity contribution in [2.24, 2.45) is 0 Å². The van der Waals surface area contributed by atoms with Gasteiger partial charge in [0.15, 0.2) is 0 Å². The summed E-state index contributed by atoms with van der Waals surface area (Å²) in [5.74, 6) is -0.269. The Labute approximate surface area is 130 Å². The standard InChI is InChI=1S/C15H10ClN3O3/c1-8-6-9(2-4-11(8)15(20)21)13-18-14(22-19-13)10-3-5-12(16)17-7-10/h2-7H,1H3,(H,20,21). The number of halogens is 1. The maximum absolute atomic E-state index is 11.0. The van der Waals surface area contributed by atoms with Gasteiger partial charge >= 0.3 is 5.97 Å². The molecule has 22 heavy (non-hydrogen) atoms. The van der Waals surface area contributed by atoms with Gasteiger partial charge in [-0.1, -0.05) is 22.8 Å². The lowest BCUT2D eigenvalue weighted by Crippen LogP contribution is -1.99. The van der Waals surface area contributed by atoms with E-state index in [9.17, 15) is 4.79 Å². The van der Waals surface area contributed by atoms with Crippen LogP contribution in [0.15, 0.2) is 41.1 Å². The Balaban J connectivity index is 1.95. The van der Waals surface area contributed by atoms with Gasteiger partial charge in [0.25, 0.3) is 5.89 Å². The molecule has 0 unspecified atom stereocenters. The molecule has 0 aliphatic rings. The van der Waals surface area contributed by atoms with Gasteiger partial charge in [-0.25, -0.2) is 9.78 Å². The SMILES string of the molecule is Cc1cc(-c2noc(-c3ccc(Cl)nc3)n2)ccc1C(=O)O. The largest absolute Gasteiger partial charge is 0.478 e. The lowest BCUT2D eigenvalue weighted by Gasteiger charge is -2.01. The van der Waals surface area contributed by atoms with Gasteiger partial charge in [-0.15, -0.1) is 0 Å². The summed E-state index contributed by atoms with van der Waals surface area (Å²) in [5, 5.41) is 13.3. The zero-order valence-corrected chi connectivity index (χ0v) is 12.2. The molecule has 0 fully saturated rings. The summed E-state index contributed by atoms with van der Waals surface area (Å²) in [6.07, 6.45) is 1.54. The Kier molecular flexibility index (Phi) is 3.60. The average molecular weight is 316 g/mol. The second kappa shape index (κ2) is 5.57. The molecule has 110 valence electrons. The predicted molar refractivity (Wildman–Crippen MR) is 79.7 cm³/mol. The fraction of sp³-hybridized carbons (Fsp3) is 0.0667. The summed E-state index contributed by atoms with van der Waals surface area (Å²) in [5.41, 5.74) is 2.21. The van der Waals surface area contributed by atoms with E-state index in [1.807, 2.05) is 0 Å². The Morgan fingerprint density at radius 3 is 2.64 bits per heavy atom. The van der Waals surface area contributed by atoms with E-state index in [-0.39, 0.29) is 5.56 Å². The maximum Gasteiger partial charge on any atom is 0.335 e. The van der Waals surface area contributed by atoms with Gasteiger partial charge in [0.2, 0.25) is 5.82 Å². The minimum atomic E-state index is -0.968. The minimum absolute atomic E-state index is 0.245. The summed E-state index contributed by atoms with van der Waals surface area (Å²) < 4.78 is 5.20. The quantitative estimate of drug-likeness (QED) is 0.744. The van der Waals surface area contributed by atoms with Crippen LogP contribution in [0, 0.1) is 6.92 Å². The number of carbonyl (C=O) groups is 1. The molecule has 0 aliphatic carbocycles. The van der Waals surface area contributed by atoms with E-state index in [0.717, 1.165) is 0 Å². The molecule has 0 spiro atoms. The van der Waals surface area contributed by atoms with Crippen molar-refractivity contribution in [1.29, 1.82) is 0 Å². The van der Waals surface area contributed by atoms with Crippen LogP contribution in [0.1, 0.15) is 15.9 Å². The molecule has 3 aromatic rings. The number of pyridine rings is 1. The second-order valence-electron chi connectivity index (χ2n) is 4.63. The Morgan fingerprint density at radius 1 is 1.23 bits per heavy atom. The highest BCUT2D eigenvalue weighted by molar-refractivity contribution is 6.29. The lowest BCUT2D eigenvalue weighted by atomic mass is 10.1. The first-order chi connectivity index (χ1) is 10.5. The highest BCUT2D eigenvalue weighted by Gasteiger charge is 2.13. The van der Waals surface area contributed by atoms with Crippen molar-refractivity contribution < 1.29 is 14.4 Å². The van der Waals surface area contributed by atoms with Crippen LogP contribution in [0.5, 0.6) is 0 Å². The van der Waals surface area contributed by atoms with E-state index < -0.39 is 5.97 Å². The second-order valence-corrected chi connectivity index (χ2v) is 5.01. The first kappa shape index (κ1) is 14.2. The third-order valence-corrected chi connectivity index (χ3v) is 3.34. The van der Waals surface area contributed by atoms with Gasteiger partial charge in [0.1, 0.15) is 5.15 Å². The maximum atomic E-state index is 11.0. The summed E-state index contributed by atoms with van der Waals surface area (Å²) in [6, 6.07) is 8.23. The van der Waals surface area contributed by atoms with Crippen molar-refractivity contribution >= 4 is 17.6 Å². The fourth-order valence-corrected chi connectivity index (χ4v) is 2.11. The molecule has 0 radical (unpaired) electrons. The number of carboxylic acid groups (broad SMARTS) is 1. The smallest absolute Gasteiger partial charge is 0.335 e. The minimum Gasteiger partial charge on any atom is -0.478 e. The van der Waals surface area contributed by atoms with E-state index in [1.165, 1.54) is 6.07 Å². The van der Waals surface area contributed by atoms with Crippen molar-refractivity contribution in [1.82, 2.24) is 15.1 Å². The number of hydrogen-bond donors (Lipinski definition) is 1. The topological polar surface area (TPSA) is 89.1 Å². The van der Waals surface area contributed by atoms with E-state index >= 15 is 0 Å². The number of rotatable bonds is 3.